The molecule has 1 amide bonds. The van der Waals surface area contributed by atoms with Crippen molar-refractivity contribution in [1.29, 1.82) is 0 Å². The third-order valence-corrected chi connectivity index (χ3v) is 5.37. The Labute approximate surface area is 173 Å². The molecule has 1 saturated heterocycles. The lowest BCUT2D eigenvalue weighted by Crippen LogP contribution is -2.31. The quantitative estimate of drug-likeness (QED) is 0.644. The summed E-state index contributed by atoms with van der Waals surface area (Å²) < 4.78 is 29.7. The number of aromatic amines is 1. The monoisotopic (exact) mass is 413 g/mol. The fourth-order valence-corrected chi connectivity index (χ4v) is 3.90. The van der Waals surface area contributed by atoms with Gasteiger partial charge in [0.05, 0.1) is 25.3 Å². The maximum absolute atomic E-state index is 13.3. The summed E-state index contributed by atoms with van der Waals surface area (Å²) in [5.74, 6) is 1.75. The molecule has 158 valence electrons. The van der Waals surface area contributed by atoms with Crippen molar-refractivity contribution in [3.05, 3.63) is 53.6 Å². The van der Waals surface area contributed by atoms with E-state index in [-0.39, 0.29) is 30.9 Å². The number of nitrogens with zero attached hydrogens (tertiary/aromatic N) is 2. The van der Waals surface area contributed by atoms with Crippen molar-refractivity contribution in [3.8, 4) is 11.5 Å². The van der Waals surface area contributed by atoms with Crippen LogP contribution in [-0.4, -0.2) is 54.7 Å². The Hall–Kier alpha value is -3.13. The molecule has 0 radical (unpaired) electrons. The second-order valence-electron chi connectivity index (χ2n) is 7.25. The topological polar surface area (TPSA) is 76.7 Å². The van der Waals surface area contributed by atoms with Crippen LogP contribution in [0.3, 0.4) is 0 Å². The van der Waals surface area contributed by atoms with E-state index >= 15 is 0 Å². The van der Waals surface area contributed by atoms with Gasteiger partial charge >= 0.3 is 0 Å². The second-order valence-corrected chi connectivity index (χ2v) is 7.25. The van der Waals surface area contributed by atoms with Crippen LogP contribution in [0.1, 0.15) is 23.7 Å². The van der Waals surface area contributed by atoms with E-state index < -0.39 is 0 Å². The Morgan fingerprint density at radius 3 is 2.93 bits per heavy atom. The van der Waals surface area contributed by atoms with E-state index in [0.717, 1.165) is 17.7 Å². The number of rotatable bonds is 7. The maximum Gasteiger partial charge on any atom is 0.248 e. The molecule has 1 N–H and O–H groups in total. The van der Waals surface area contributed by atoms with Gasteiger partial charge in [0.2, 0.25) is 5.91 Å². The zero-order valence-electron chi connectivity index (χ0n) is 17.0. The molecule has 0 saturated carbocycles. The number of nitrogens with one attached hydrogen (secondary N) is 1. The van der Waals surface area contributed by atoms with Crippen LogP contribution in [-0.2, 0) is 16.1 Å². The van der Waals surface area contributed by atoms with Crippen LogP contribution in [0.15, 0.2) is 36.4 Å². The molecular formula is C22H24FN3O4. The number of hydrogen-bond acceptors (Lipinski definition) is 5. The normalized spacial score (nSPS) is 16.2. The van der Waals surface area contributed by atoms with E-state index in [1.165, 1.54) is 12.1 Å². The standard InChI is InChI=1S/C22H24FN3O4/c1-28-19-5-3-4-16(22(19)29-2)14-8-9-26(11-14)21(27)13-30-12-20-24-17-7-6-15(23)10-18(17)25-20/h3-7,10,14H,8-9,11-13H2,1-2H3,(H,24,25). The molecule has 30 heavy (non-hydrogen) atoms. The lowest BCUT2D eigenvalue weighted by atomic mass is 9.97. The molecule has 1 unspecified atom stereocenters. The molecule has 0 aliphatic carbocycles. The van der Waals surface area contributed by atoms with Crippen LogP contribution >= 0.6 is 0 Å². The first-order valence-electron chi connectivity index (χ1n) is 9.79. The molecule has 1 aromatic heterocycles. The van der Waals surface area contributed by atoms with Crippen molar-refractivity contribution in [2.45, 2.75) is 18.9 Å². The van der Waals surface area contributed by atoms with Gasteiger partial charge in [0.25, 0.3) is 0 Å². The largest absolute Gasteiger partial charge is 0.493 e. The van der Waals surface area contributed by atoms with E-state index in [1.807, 2.05) is 18.2 Å². The SMILES string of the molecule is COc1cccc(C2CCN(C(=O)COCc3nc4ccc(F)cc4[nH]3)C2)c1OC. The Bertz CT molecular complexity index is 1050. The molecule has 2 aromatic carbocycles. The summed E-state index contributed by atoms with van der Waals surface area (Å²) in [5.41, 5.74) is 2.31. The van der Waals surface area contributed by atoms with Gasteiger partial charge in [-0.25, -0.2) is 9.37 Å². The van der Waals surface area contributed by atoms with Crippen molar-refractivity contribution in [2.24, 2.45) is 0 Å². The van der Waals surface area contributed by atoms with Crippen LogP contribution in [0.25, 0.3) is 11.0 Å². The average molecular weight is 413 g/mol. The minimum Gasteiger partial charge on any atom is -0.493 e. The molecular weight excluding hydrogens is 389 g/mol. The number of para-hydroxylation sites is 1. The van der Waals surface area contributed by atoms with Crippen LogP contribution in [0.2, 0.25) is 0 Å². The number of carbonyl (C=O) groups is 1. The number of H-pyrrole nitrogens is 1. The molecule has 1 atom stereocenters. The summed E-state index contributed by atoms with van der Waals surface area (Å²) in [7, 11) is 3.24. The van der Waals surface area contributed by atoms with Gasteiger partial charge in [0.15, 0.2) is 11.5 Å². The first-order chi connectivity index (χ1) is 14.6. The summed E-state index contributed by atoms with van der Waals surface area (Å²) in [4.78, 5) is 21.7. The van der Waals surface area contributed by atoms with Gasteiger partial charge in [-0.15, -0.1) is 0 Å². The number of amides is 1. The molecule has 2 heterocycles. The minimum absolute atomic E-state index is 0.0344. The highest BCUT2D eigenvalue weighted by Crippen LogP contribution is 2.39. The van der Waals surface area contributed by atoms with Crippen molar-refractivity contribution < 1.29 is 23.4 Å². The molecule has 1 fully saturated rings. The van der Waals surface area contributed by atoms with E-state index in [4.69, 9.17) is 14.2 Å². The fraction of sp³-hybridized carbons (Fsp3) is 0.364. The lowest BCUT2D eigenvalue weighted by Gasteiger charge is -2.19. The van der Waals surface area contributed by atoms with Crippen LogP contribution in [0, 0.1) is 5.82 Å². The molecule has 0 bridgehead atoms. The summed E-state index contributed by atoms with van der Waals surface area (Å²) in [5, 5.41) is 0. The number of halogens is 1. The summed E-state index contributed by atoms with van der Waals surface area (Å²) in [6, 6.07) is 10.2. The Kier molecular flexibility index (Phi) is 5.85. The van der Waals surface area contributed by atoms with Crippen LogP contribution in [0.5, 0.6) is 11.5 Å². The number of likely N-dealkylation sites (tertiary alicyclic amines) is 1. The first kappa shape index (κ1) is 20.2. The van der Waals surface area contributed by atoms with Gasteiger partial charge in [-0.05, 0) is 30.7 Å². The third kappa shape index (κ3) is 4.09. The van der Waals surface area contributed by atoms with Gasteiger partial charge in [-0.2, -0.15) is 0 Å². The van der Waals surface area contributed by atoms with Crippen molar-refractivity contribution in [1.82, 2.24) is 14.9 Å². The van der Waals surface area contributed by atoms with Gasteiger partial charge in [0.1, 0.15) is 24.9 Å². The zero-order chi connectivity index (χ0) is 21.1. The number of hydrogen-bond donors (Lipinski definition) is 1. The molecule has 1 aliphatic heterocycles. The summed E-state index contributed by atoms with van der Waals surface area (Å²) in [6.07, 6.45) is 0.852. The number of benzene rings is 2. The van der Waals surface area contributed by atoms with Crippen molar-refractivity contribution >= 4 is 16.9 Å². The third-order valence-electron chi connectivity index (χ3n) is 5.37. The molecule has 8 heteroatoms. The van der Waals surface area contributed by atoms with Gasteiger partial charge in [-0.1, -0.05) is 12.1 Å². The molecule has 0 spiro atoms. The Morgan fingerprint density at radius 2 is 2.13 bits per heavy atom. The predicted octanol–water partition coefficient (Wildman–Crippen LogP) is 3.25. The van der Waals surface area contributed by atoms with Gasteiger partial charge in [-0.3, -0.25) is 4.79 Å². The number of carbonyl (C=O) groups excluding carboxylic acids is 1. The zero-order valence-corrected chi connectivity index (χ0v) is 17.0. The Morgan fingerprint density at radius 1 is 1.27 bits per heavy atom. The highest BCUT2D eigenvalue weighted by molar-refractivity contribution is 5.78. The summed E-state index contributed by atoms with van der Waals surface area (Å²) in [6.45, 7) is 1.39. The van der Waals surface area contributed by atoms with E-state index in [2.05, 4.69) is 9.97 Å². The maximum atomic E-state index is 13.3. The van der Waals surface area contributed by atoms with Crippen molar-refractivity contribution in [2.75, 3.05) is 33.9 Å². The highest BCUT2D eigenvalue weighted by atomic mass is 19.1. The predicted molar refractivity (Wildman–Crippen MR) is 109 cm³/mol. The number of imidazole rings is 1. The molecule has 4 rings (SSSR count). The summed E-state index contributed by atoms with van der Waals surface area (Å²) >= 11 is 0. The van der Waals surface area contributed by atoms with Crippen LogP contribution in [0.4, 0.5) is 4.39 Å². The number of ether oxygens (including phenoxy) is 3. The van der Waals surface area contributed by atoms with E-state index in [1.54, 1.807) is 25.2 Å². The molecule has 1 aliphatic rings. The number of fused-ring (bicyclic) bond motifs is 1. The molecule has 7 nitrogen and oxygen atoms in total. The van der Waals surface area contributed by atoms with E-state index in [0.29, 0.717) is 35.7 Å². The minimum atomic E-state index is -0.329. The smallest absolute Gasteiger partial charge is 0.248 e. The number of methoxy groups -OCH3 is 2. The van der Waals surface area contributed by atoms with Gasteiger partial charge in [0, 0.05) is 24.6 Å². The van der Waals surface area contributed by atoms with Gasteiger partial charge < -0.3 is 24.1 Å². The van der Waals surface area contributed by atoms with Crippen molar-refractivity contribution in [3.63, 3.8) is 0 Å². The average Bonchev–Trinajstić information content (AvgIpc) is 3.39. The molecule has 3 aromatic rings. The number of aromatic nitrogens is 2. The van der Waals surface area contributed by atoms with Crippen LogP contribution < -0.4 is 9.47 Å². The van der Waals surface area contributed by atoms with E-state index in [9.17, 15) is 9.18 Å². The fourth-order valence-electron chi connectivity index (χ4n) is 3.90. The lowest BCUT2D eigenvalue weighted by molar-refractivity contribution is -0.135. The first-order valence-corrected chi connectivity index (χ1v) is 9.79. The second kappa shape index (κ2) is 8.71. The highest BCUT2D eigenvalue weighted by Gasteiger charge is 2.30. The Balaban J connectivity index is 1.33.